The maximum atomic E-state index is 11.5. The topological polar surface area (TPSA) is 44.4 Å². The molecule has 0 spiro atoms. The number of rotatable bonds is 9. The maximum Gasteiger partial charge on any atom is 0.221 e. The van der Waals surface area contributed by atoms with Crippen LogP contribution in [0.15, 0.2) is 0 Å². The molecule has 4 nitrogen and oxygen atoms in total. The van der Waals surface area contributed by atoms with E-state index in [1.54, 1.807) is 0 Å². The van der Waals surface area contributed by atoms with Crippen molar-refractivity contribution in [2.75, 3.05) is 32.7 Å². The molecule has 0 rings (SSSR count). The van der Waals surface area contributed by atoms with Crippen LogP contribution in [0.2, 0.25) is 0 Å². The lowest BCUT2D eigenvalue weighted by Crippen LogP contribution is -2.38. The molecule has 0 aliphatic carbocycles. The Morgan fingerprint density at radius 3 is 2.22 bits per heavy atom. The lowest BCUT2D eigenvalue weighted by atomic mass is 10.1. The van der Waals surface area contributed by atoms with E-state index in [4.69, 9.17) is 0 Å². The highest BCUT2D eigenvalue weighted by Gasteiger charge is 2.09. The Hall–Kier alpha value is -0.610. The summed E-state index contributed by atoms with van der Waals surface area (Å²) in [5.74, 6) is 0.145. The summed E-state index contributed by atoms with van der Waals surface area (Å²) >= 11 is 0. The van der Waals surface area contributed by atoms with Crippen LogP contribution in [0, 0.1) is 0 Å². The van der Waals surface area contributed by atoms with Gasteiger partial charge in [-0.05, 0) is 46.8 Å². The number of carbonyl (C=O) groups excluding carboxylic acids is 1. The normalized spacial score (nSPS) is 11.9. The monoisotopic (exact) mass is 257 g/mol. The highest BCUT2D eigenvalue weighted by atomic mass is 16.1. The van der Waals surface area contributed by atoms with E-state index in [-0.39, 0.29) is 11.4 Å². The zero-order valence-electron chi connectivity index (χ0n) is 12.8. The van der Waals surface area contributed by atoms with E-state index in [1.165, 1.54) is 0 Å². The van der Waals surface area contributed by atoms with Crippen molar-refractivity contribution in [3.63, 3.8) is 0 Å². The minimum Gasteiger partial charge on any atom is -0.356 e. The highest BCUT2D eigenvalue weighted by Crippen LogP contribution is 1.97. The molecule has 0 saturated heterocycles. The number of carbonyl (C=O) groups is 1. The largest absolute Gasteiger partial charge is 0.356 e. The van der Waals surface area contributed by atoms with Crippen molar-refractivity contribution >= 4 is 5.91 Å². The molecular formula is C14H31N3O. The van der Waals surface area contributed by atoms with Gasteiger partial charge in [0.2, 0.25) is 5.91 Å². The first-order valence-electron chi connectivity index (χ1n) is 7.13. The molecule has 2 N–H and O–H groups in total. The fourth-order valence-electron chi connectivity index (χ4n) is 1.71. The summed E-state index contributed by atoms with van der Waals surface area (Å²) in [6.45, 7) is 15.4. The standard InChI is InChI=1S/C14H31N3O/c1-6-17(7-2)12-8-10-15-13(18)9-11-16-14(3,4)5/h16H,6-12H2,1-5H3,(H,15,18). The SMILES string of the molecule is CCN(CC)CCCNC(=O)CCNC(C)(C)C. The van der Waals surface area contributed by atoms with Gasteiger partial charge in [-0.25, -0.2) is 0 Å². The molecule has 0 unspecified atom stereocenters. The molecule has 0 bridgehead atoms. The Morgan fingerprint density at radius 1 is 1.11 bits per heavy atom. The van der Waals surface area contributed by atoms with Crippen LogP contribution in [0.25, 0.3) is 0 Å². The zero-order valence-corrected chi connectivity index (χ0v) is 12.8. The predicted octanol–water partition coefficient (Wildman–Crippen LogP) is 1.61. The molecular weight excluding hydrogens is 226 g/mol. The van der Waals surface area contributed by atoms with E-state index in [2.05, 4.69) is 50.2 Å². The second kappa shape index (κ2) is 9.34. The molecule has 108 valence electrons. The van der Waals surface area contributed by atoms with Gasteiger partial charge in [-0.2, -0.15) is 0 Å². The summed E-state index contributed by atoms with van der Waals surface area (Å²) in [6, 6.07) is 0. The number of nitrogens with zero attached hydrogens (tertiary/aromatic N) is 1. The Bertz CT molecular complexity index is 220. The van der Waals surface area contributed by atoms with E-state index in [9.17, 15) is 4.79 Å². The Morgan fingerprint density at radius 2 is 1.72 bits per heavy atom. The molecule has 0 aromatic rings. The minimum atomic E-state index is 0.0863. The van der Waals surface area contributed by atoms with Crippen molar-refractivity contribution in [2.24, 2.45) is 0 Å². The van der Waals surface area contributed by atoms with E-state index >= 15 is 0 Å². The summed E-state index contributed by atoms with van der Waals surface area (Å²) in [5.41, 5.74) is 0.0863. The number of nitrogens with one attached hydrogen (secondary N) is 2. The van der Waals surface area contributed by atoms with Crippen molar-refractivity contribution < 1.29 is 4.79 Å². The van der Waals surface area contributed by atoms with Crippen LogP contribution >= 0.6 is 0 Å². The molecule has 0 aliphatic heterocycles. The molecule has 0 aliphatic rings. The van der Waals surface area contributed by atoms with Crippen LogP contribution in [0.4, 0.5) is 0 Å². The van der Waals surface area contributed by atoms with Gasteiger partial charge in [0.25, 0.3) is 0 Å². The van der Waals surface area contributed by atoms with Crippen molar-refractivity contribution in [1.82, 2.24) is 15.5 Å². The Balaban J connectivity index is 3.48. The average molecular weight is 257 g/mol. The molecule has 0 aromatic carbocycles. The van der Waals surface area contributed by atoms with Gasteiger partial charge in [-0.15, -0.1) is 0 Å². The van der Waals surface area contributed by atoms with Gasteiger partial charge in [0.05, 0.1) is 0 Å². The number of hydrogen-bond donors (Lipinski definition) is 2. The molecule has 0 atom stereocenters. The first kappa shape index (κ1) is 17.4. The second-order valence-electron chi connectivity index (χ2n) is 5.66. The van der Waals surface area contributed by atoms with E-state index in [0.29, 0.717) is 6.42 Å². The van der Waals surface area contributed by atoms with Crippen LogP contribution in [0.1, 0.15) is 47.5 Å². The fraction of sp³-hybridized carbons (Fsp3) is 0.929. The summed E-state index contributed by atoms with van der Waals surface area (Å²) in [7, 11) is 0. The lowest BCUT2D eigenvalue weighted by Gasteiger charge is -2.20. The molecule has 0 heterocycles. The third-order valence-corrected chi connectivity index (χ3v) is 2.88. The van der Waals surface area contributed by atoms with Crippen LogP contribution in [0.5, 0.6) is 0 Å². The first-order chi connectivity index (χ1) is 8.39. The van der Waals surface area contributed by atoms with Gasteiger partial charge in [0.1, 0.15) is 0 Å². The molecule has 18 heavy (non-hydrogen) atoms. The third-order valence-electron chi connectivity index (χ3n) is 2.88. The summed E-state index contributed by atoms with van der Waals surface area (Å²) in [6.07, 6.45) is 1.59. The van der Waals surface area contributed by atoms with Gasteiger partial charge >= 0.3 is 0 Å². The van der Waals surface area contributed by atoms with E-state index < -0.39 is 0 Å². The summed E-state index contributed by atoms with van der Waals surface area (Å²) in [4.78, 5) is 13.9. The smallest absolute Gasteiger partial charge is 0.221 e. The highest BCUT2D eigenvalue weighted by molar-refractivity contribution is 5.75. The molecule has 0 fully saturated rings. The molecule has 4 heteroatoms. The fourth-order valence-corrected chi connectivity index (χ4v) is 1.71. The van der Waals surface area contributed by atoms with E-state index in [0.717, 1.165) is 39.1 Å². The average Bonchev–Trinajstić information content (AvgIpc) is 2.27. The molecule has 0 saturated carbocycles. The maximum absolute atomic E-state index is 11.5. The van der Waals surface area contributed by atoms with Gasteiger partial charge in [0, 0.05) is 25.0 Å². The van der Waals surface area contributed by atoms with Crippen LogP contribution in [-0.4, -0.2) is 49.1 Å². The van der Waals surface area contributed by atoms with Crippen LogP contribution in [0.3, 0.4) is 0 Å². The Labute approximate surface area is 113 Å². The quantitative estimate of drug-likeness (QED) is 0.617. The molecule has 0 aromatic heterocycles. The van der Waals surface area contributed by atoms with Crippen molar-refractivity contribution in [3.05, 3.63) is 0 Å². The van der Waals surface area contributed by atoms with Crippen LogP contribution < -0.4 is 10.6 Å². The summed E-state index contributed by atoms with van der Waals surface area (Å²) in [5, 5.41) is 6.28. The van der Waals surface area contributed by atoms with Crippen LogP contribution in [-0.2, 0) is 4.79 Å². The number of hydrogen-bond acceptors (Lipinski definition) is 3. The molecule has 1 amide bonds. The zero-order chi connectivity index (χ0) is 14.0. The summed E-state index contributed by atoms with van der Waals surface area (Å²) < 4.78 is 0. The van der Waals surface area contributed by atoms with Crippen molar-refractivity contribution in [1.29, 1.82) is 0 Å². The van der Waals surface area contributed by atoms with E-state index in [1.807, 2.05) is 0 Å². The third kappa shape index (κ3) is 10.5. The van der Waals surface area contributed by atoms with Gasteiger partial charge in [-0.1, -0.05) is 13.8 Å². The van der Waals surface area contributed by atoms with Gasteiger partial charge in [-0.3, -0.25) is 4.79 Å². The first-order valence-corrected chi connectivity index (χ1v) is 7.13. The molecule has 0 radical (unpaired) electrons. The van der Waals surface area contributed by atoms with Crippen molar-refractivity contribution in [2.45, 2.75) is 53.0 Å². The van der Waals surface area contributed by atoms with Gasteiger partial charge in [0.15, 0.2) is 0 Å². The van der Waals surface area contributed by atoms with Gasteiger partial charge < -0.3 is 15.5 Å². The van der Waals surface area contributed by atoms with Crippen molar-refractivity contribution in [3.8, 4) is 0 Å². The minimum absolute atomic E-state index is 0.0863. The lowest BCUT2D eigenvalue weighted by molar-refractivity contribution is -0.121. The Kier molecular flexibility index (Phi) is 9.02. The number of amides is 1. The predicted molar refractivity (Wildman–Crippen MR) is 77.8 cm³/mol. The second-order valence-corrected chi connectivity index (χ2v) is 5.66.